The van der Waals surface area contributed by atoms with Crippen LogP contribution >= 0.6 is 0 Å². The van der Waals surface area contributed by atoms with Gasteiger partial charge >= 0.3 is 0 Å². The van der Waals surface area contributed by atoms with Gasteiger partial charge in [-0.1, -0.05) is 44.2 Å². The minimum absolute atomic E-state index is 0.0601. The highest BCUT2D eigenvalue weighted by atomic mass is 16.5. The van der Waals surface area contributed by atoms with E-state index in [1.54, 1.807) is 14.2 Å². The van der Waals surface area contributed by atoms with Gasteiger partial charge in [0.25, 0.3) is 0 Å². The lowest BCUT2D eigenvalue weighted by atomic mass is 9.72. The monoisotopic (exact) mass is 342 g/mol. The summed E-state index contributed by atoms with van der Waals surface area (Å²) in [7, 11) is 3.16. The van der Waals surface area contributed by atoms with Crippen molar-refractivity contribution in [3.8, 4) is 0 Å². The van der Waals surface area contributed by atoms with Gasteiger partial charge in [-0.2, -0.15) is 0 Å². The lowest BCUT2D eigenvalue weighted by Gasteiger charge is -2.39. The Labute approximate surface area is 149 Å². The fourth-order valence-electron chi connectivity index (χ4n) is 3.78. The third-order valence-corrected chi connectivity index (χ3v) is 5.22. The molecule has 1 aromatic carbocycles. The Hall–Kier alpha value is -2.17. The van der Waals surface area contributed by atoms with E-state index in [0.29, 0.717) is 24.6 Å². The first-order chi connectivity index (χ1) is 12.0. The van der Waals surface area contributed by atoms with Crippen LogP contribution in [0.25, 0.3) is 0 Å². The van der Waals surface area contributed by atoms with Gasteiger partial charge < -0.3 is 9.47 Å². The molecule has 0 N–H and O–H groups in total. The maximum absolute atomic E-state index is 13.1. The predicted molar refractivity (Wildman–Crippen MR) is 98.3 cm³/mol. The van der Waals surface area contributed by atoms with Crippen LogP contribution in [0.15, 0.2) is 40.3 Å². The molecule has 2 aliphatic rings. The highest BCUT2D eigenvalue weighted by Gasteiger charge is 2.51. The van der Waals surface area contributed by atoms with Crippen molar-refractivity contribution in [1.29, 1.82) is 0 Å². The summed E-state index contributed by atoms with van der Waals surface area (Å²) in [5.74, 6) is 1.47. The molecule has 0 unspecified atom stereocenters. The molecule has 5 nitrogen and oxygen atoms in total. The van der Waals surface area contributed by atoms with E-state index < -0.39 is 5.54 Å². The molecule has 25 heavy (non-hydrogen) atoms. The summed E-state index contributed by atoms with van der Waals surface area (Å²) in [6, 6.07) is 9.99. The summed E-state index contributed by atoms with van der Waals surface area (Å²) in [6.07, 6.45) is 1.90. The van der Waals surface area contributed by atoms with Crippen LogP contribution in [0, 0.1) is 5.92 Å². The maximum Gasteiger partial charge on any atom is 0.220 e. The Bertz CT molecular complexity index is 696. The van der Waals surface area contributed by atoms with Gasteiger partial charge in [0.05, 0.1) is 14.2 Å². The summed E-state index contributed by atoms with van der Waals surface area (Å²) < 4.78 is 11.0. The Morgan fingerprint density at radius 2 is 1.88 bits per heavy atom. The van der Waals surface area contributed by atoms with Crippen molar-refractivity contribution in [2.75, 3.05) is 14.2 Å². The first-order valence-corrected chi connectivity index (χ1v) is 8.86. The molecule has 0 saturated heterocycles. The van der Waals surface area contributed by atoms with Crippen molar-refractivity contribution in [1.82, 2.24) is 0 Å². The second-order valence-electron chi connectivity index (χ2n) is 7.12. The molecule has 1 aromatic rings. The zero-order valence-corrected chi connectivity index (χ0v) is 15.4. The number of ketones is 1. The molecule has 1 aliphatic heterocycles. The first-order valence-electron chi connectivity index (χ1n) is 8.86. The Morgan fingerprint density at radius 3 is 2.44 bits per heavy atom. The lowest BCUT2D eigenvalue weighted by Crippen LogP contribution is -2.54. The summed E-state index contributed by atoms with van der Waals surface area (Å²) in [5, 5.41) is 0. The molecular formula is C20H26N2O3. The van der Waals surface area contributed by atoms with E-state index >= 15 is 0 Å². The van der Waals surface area contributed by atoms with Crippen LogP contribution in [0.4, 0.5) is 0 Å². The molecule has 1 heterocycles. The molecule has 1 fully saturated rings. The summed E-state index contributed by atoms with van der Waals surface area (Å²) in [4.78, 5) is 22.6. The molecule has 5 heteroatoms. The summed E-state index contributed by atoms with van der Waals surface area (Å²) in [5.41, 5.74) is 0.185. The van der Waals surface area contributed by atoms with E-state index in [1.807, 2.05) is 18.2 Å². The number of methoxy groups -OCH3 is 2. The van der Waals surface area contributed by atoms with Gasteiger partial charge in [-0.15, -0.1) is 0 Å². The largest absolute Gasteiger partial charge is 0.483 e. The normalized spacial score (nSPS) is 29.4. The maximum atomic E-state index is 13.1. The first kappa shape index (κ1) is 17.6. The average molecular weight is 342 g/mol. The third kappa shape index (κ3) is 3.08. The van der Waals surface area contributed by atoms with Gasteiger partial charge in [-0.25, -0.2) is 9.98 Å². The van der Waals surface area contributed by atoms with Crippen molar-refractivity contribution >= 4 is 17.6 Å². The fourth-order valence-corrected chi connectivity index (χ4v) is 3.78. The van der Waals surface area contributed by atoms with Gasteiger partial charge in [-0.3, -0.25) is 4.79 Å². The van der Waals surface area contributed by atoms with E-state index in [2.05, 4.69) is 26.0 Å². The Morgan fingerprint density at radius 1 is 1.16 bits per heavy atom. The number of hydrogen-bond acceptors (Lipinski definition) is 5. The number of aliphatic imine (C=N–C) groups is 2. The van der Waals surface area contributed by atoms with Crippen LogP contribution in [0.5, 0.6) is 0 Å². The zero-order valence-electron chi connectivity index (χ0n) is 15.4. The highest BCUT2D eigenvalue weighted by molar-refractivity contribution is 6.15. The molecule has 0 aromatic heterocycles. The molecule has 1 aliphatic carbocycles. The van der Waals surface area contributed by atoms with Gasteiger partial charge in [0.2, 0.25) is 11.8 Å². The third-order valence-electron chi connectivity index (χ3n) is 5.22. The Kier molecular flexibility index (Phi) is 4.93. The van der Waals surface area contributed by atoms with E-state index in [0.717, 1.165) is 6.42 Å². The zero-order chi connectivity index (χ0) is 18.0. The second kappa shape index (κ2) is 6.98. The Balaban J connectivity index is 1.92. The SMILES string of the molecule is COC1=N[C@]2(CC[C@H](c3ccccc3)CC2=O)C(OC)=N[C@H]1C(C)C. The van der Waals surface area contributed by atoms with Crippen LogP contribution in [-0.2, 0) is 14.3 Å². The molecular weight excluding hydrogens is 316 g/mol. The van der Waals surface area contributed by atoms with Crippen molar-refractivity contribution in [3.05, 3.63) is 35.9 Å². The van der Waals surface area contributed by atoms with E-state index in [4.69, 9.17) is 19.5 Å². The number of nitrogens with zero attached hydrogens (tertiary/aromatic N) is 2. The van der Waals surface area contributed by atoms with Crippen LogP contribution in [0.1, 0.15) is 44.6 Å². The van der Waals surface area contributed by atoms with Crippen molar-refractivity contribution in [2.45, 2.75) is 50.6 Å². The van der Waals surface area contributed by atoms with Crippen molar-refractivity contribution < 1.29 is 14.3 Å². The van der Waals surface area contributed by atoms with Crippen LogP contribution in [-0.4, -0.2) is 43.4 Å². The number of rotatable bonds is 2. The fraction of sp³-hybridized carbons (Fsp3) is 0.550. The van der Waals surface area contributed by atoms with E-state index in [9.17, 15) is 4.79 Å². The number of carbonyl (C=O) groups is 1. The number of Topliss-reactive ketones (excluding diaryl/α,β-unsaturated/α-hetero) is 1. The topological polar surface area (TPSA) is 60.2 Å². The standard InChI is InChI=1S/C20H26N2O3/c1-13(2)17-18(24-3)22-20(19(21-17)25-4)11-10-15(12-16(20)23)14-8-6-5-7-9-14/h5-9,13,15,17H,10-12H2,1-4H3/t15-,17-,20-/m0/s1. The minimum Gasteiger partial charge on any atom is -0.483 e. The quantitative estimate of drug-likeness (QED) is 0.828. The molecule has 0 amide bonds. The van der Waals surface area contributed by atoms with E-state index in [1.165, 1.54) is 5.56 Å². The molecule has 0 bridgehead atoms. The molecule has 134 valence electrons. The molecule has 1 spiro atoms. The summed E-state index contributed by atoms with van der Waals surface area (Å²) >= 11 is 0. The average Bonchev–Trinajstić information content (AvgIpc) is 2.64. The lowest BCUT2D eigenvalue weighted by molar-refractivity contribution is -0.124. The van der Waals surface area contributed by atoms with Crippen LogP contribution < -0.4 is 0 Å². The number of hydrogen-bond donors (Lipinski definition) is 0. The van der Waals surface area contributed by atoms with Gasteiger partial charge in [0, 0.05) is 6.42 Å². The predicted octanol–water partition coefficient (Wildman–Crippen LogP) is 3.39. The van der Waals surface area contributed by atoms with Crippen LogP contribution in [0.2, 0.25) is 0 Å². The number of ether oxygens (including phenoxy) is 2. The second-order valence-corrected chi connectivity index (χ2v) is 7.12. The van der Waals surface area contributed by atoms with Crippen molar-refractivity contribution in [3.63, 3.8) is 0 Å². The molecule has 3 atom stereocenters. The minimum atomic E-state index is -1.02. The number of carbonyl (C=O) groups excluding carboxylic acids is 1. The number of benzene rings is 1. The smallest absolute Gasteiger partial charge is 0.220 e. The van der Waals surface area contributed by atoms with Crippen molar-refractivity contribution in [2.24, 2.45) is 15.9 Å². The van der Waals surface area contributed by atoms with Gasteiger partial charge in [0.1, 0.15) is 6.04 Å². The summed E-state index contributed by atoms with van der Waals surface area (Å²) in [6.45, 7) is 4.12. The highest BCUT2D eigenvalue weighted by Crippen LogP contribution is 2.41. The van der Waals surface area contributed by atoms with Crippen LogP contribution in [0.3, 0.4) is 0 Å². The molecule has 1 saturated carbocycles. The van der Waals surface area contributed by atoms with E-state index in [-0.39, 0.29) is 23.7 Å². The molecule has 3 rings (SSSR count). The molecule has 0 radical (unpaired) electrons. The van der Waals surface area contributed by atoms with Gasteiger partial charge in [-0.05, 0) is 30.2 Å². The van der Waals surface area contributed by atoms with Gasteiger partial charge in [0.15, 0.2) is 11.3 Å².